The number of carbonyl (C=O) groups excluding carboxylic acids is 1. The molecule has 4 heteroatoms. The highest BCUT2D eigenvalue weighted by molar-refractivity contribution is 5.88. The molecule has 1 aromatic rings. The van der Waals surface area contributed by atoms with Crippen LogP contribution in [0.5, 0.6) is 0 Å². The number of ether oxygens (including phenoxy) is 1. The molecule has 1 amide bonds. The van der Waals surface area contributed by atoms with Crippen LogP contribution < -0.4 is 10.2 Å². The van der Waals surface area contributed by atoms with Gasteiger partial charge in [-0.1, -0.05) is 0 Å². The van der Waals surface area contributed by atoms with Crippen molar-refractivity contribution in [3.63, 3.8) is 0 Å². The number of benzene rings is 1. The third-order valence-electron chi connectivity index (χ3n) is 2.54. The van der Waals surface area contributed by atoms with E-state index in [9.17, 15) is 4.79 Å². The summed E-state index contributed by atoms with van der Waals surface area (Å²) in [5.41, 5.74) is 1.36. The van der Waals surface area contributed by atoms with Gasteiger partial charge in [-0.15, -0.1) is 0 Å². The molecule has 0 aliphatic heterocycles. The first-order valence-electron chi connectivity index (χ1n) is 6.54. The van der Waals surface area contributed by atoms with Gasteiger partial charge in [-0.25, -0.2) is 4.79 Å². The highest BCUT2D eigenvalue weighted by atomic mass is 16.6. The monoisotopic (exact) mass is 264 g/mol. The predicted octanol–water partition coefficient (Wildman–Crippen LogP) is 3.88. The van der Waals surface area contributed by atoms with Crippen LogP contribution in [0, 0.1) is 0 Å². The van der Waals surface area contributed by atoms with Crippen LogP contribution in [0.15, 0.2) is 24.3 Å². The van der Waals surface area contributed by atoms with Crippen molar-refractivity contribution in [3.8, 4) is 0 Å². The molecule has 19 heavy (non-hydrogen) atoms. The third kappa shape index (κ3) is 4.47. The van der Waals surface area contributed by atoms with Crippen molar-refractivity contribution >= 4 is 17.5 Å². The second-order valence-electron chi connectivity index (χ2n) is 5.74. The van der Waals surface area contributed by atoms with E-state index in [1.54, 1.807) is 4.90 Å². The number of nitrogens with zero attached hydrogens (tertiary/aromatic N) is 1. The summed E-state index contributed by atoms with van der Waals surface area (Å²) in [4.78, 5) is 13.9. The van der Waals surface area contributed by atoms with Crippen LogP contribution in [0.2, 0.25) is 0 Å². The van der Waals surface area contributed by atoms with Gasteiger partial charge in [-0.2, -0.15) is 0 Å². The molecule has 0 saturated heterocycles. The van der Waals surface area contributed by atoms with Crippen molar-refractivity contribution in [1.82, 2.24) is 0 Å². The predicted molar refractivity (Wildman–Crippen MR) is 79.8 cm³/mol. The lowest BCUT2D eigenvalue weighted by molar-refractivity contribution is 0.0570. The van der Waals surface area contributed by atoms with E-state index < -0.39 is 5.60 Å². The first-order chi connectivity index (χ1) is 8.74. The highest BCUT2D eigenvalue weighted by Gasteiger charge is 2.25. The Morgan fingerprint density at radius 1 is 1.21 bits per heavy atom. The second-order valence-corrected chi connectivity index (χ2v) is 5.74. The Balaban J connectivity index is 2.96. The first kappa shape index (κ1) is 15.3. The van der Waals surface area contributed by atoms with Crippen molar-refractivity contribution in [3.05, 3.63) is 24.3 Å². The Kier molecular flexibility index (Phi) is 4.81. The molecule has 0 aromatic heterocycles. The molecule has 0 radical (unpaired) electrons. The van der Waals surface area contributed by atoms with E-state index in [2.05, 4.69) is 5.32 Å². The van der Waals surface area contributed by atoms with Crippen LogP contribution in [-0.2, 0) is 4.74 Å². The molecule has 0 atom stereocenters. The number of nitrogens with one attached hydrogen (secondary N) is 1. The van der Waals surface area contributed by atoms with Gasteiger partial charge in [-0.3, -0.25) is 4.90 Å². The van der Waals surface area contributed by atoms with Gasteiger partial charge in [0.15, 0.2) is 0 Å². The van der Waals surface area contributed by atoms with Gasteiger partial charge in [0.25, 0.3) is 0 Å². The molecule has 0 unspecified atom stereocenters. The molecule has 0 aliphatic carbocycles. The van der Waals surface area contributed by atoms with E-state index in [1.807, 2.05) is 65.9 Å². The van der Waals surface area contributed by atoms with Gasteiger partial charge >= 0.3 is 6.09 Å². The maximum absolute atomic E-state index is 12.2. The Morgan fingerprint density at radius 3 is 2.11 bits per heavy atom. The number of carbonyl (C=O) groups is 1. The number of amides is 1. The van der Waals surface area contributed by atoms with Crippen molar-refractivity contribution in [2.75, 3.05) is 17.3 Å². The molecular formula is C15H24N2O2. The minimum atomic E-state index is -0.491. The lowest BCUT2D eigenvalue weighted by Crippen LogP contribution is -2.41. The zero-order valence-electron chi connectivity index (χ0n) is 12.7. The first-order valence-corrected chi connectivity index (χ1v) is 6.54. The van der Waals surface area contributed by atoms with Crippen LogP contribution in [0.4, 0.5) is 16.2 Å². The third-order valence-corrected chi connectivity index (χ3v) is 2.54. The molecule has 0 aliphatic rings. The molecule has 1 rings (SSSR count). The summed E-state index contributed by atoms with van der Waals surface area (Å²) in [5.74, 6) is 0. The smallest absolute Gasteiger partial charge is 0.415 e. The Bertz CT molecular complexity index is 419. The van der Waals surface area contributed by atoms with E-state index in [0.29, 0.717) is 0 Å². The summed E-state index contributed by atoms with van der Waals surface area (Å²) in [7, 11) is 1.86. The average Bonchev–Trinajstić information content (AvgIpc) is 2.27. The van der Waals surface area contributed by atoms with Crippen LogP contribution >= 0.6 is 0 Å². The Morgan fingerprint density at radius 2 is 1.74 bits per heavy atom. The van der Waals surface area contributed by atoms with Crippen molar-refractivity contribution in [1.29, 1.82) is 0 Å². The Hall–Kier alpha value is -1.71. The molecule has 4 nitrogen and oxygen atoms in total. The fraction of sp³-hybridized carbons (Fsp3) is 0.533. The zero-order chi connectivity index (χ0) is 14.6. The minimum absolute atomic E-state index is 0.0373. The van der Waals surface area contributed by atoms with Crippen LogP contribution in [0.25, 0.3) is 0 Å². The number of rotatable bonds is 3. The SMILES string of the molecule is CNc1ccc(N(C(=O)OC(C)(C)C)C(C)C)cc1. The summed E-state index contributed by atoms with van der Waals surface area (Å²) in [6, 6.07) is 7.74. The highest BCUT2D eigenvalue weighted by Crippen LogP contribution is 2.22. The van der Waals surface area contributed by atoms with Gasteiger partial charge in [-0.05, 0) is 58.9 Å². The normalized spacial score (nSPS) is 11.3. The van der Waals surface area contributed by atoms with Gasteiger partial charge in [0.2, 0.25) is 0 Å². The molecule has 0 heterocycles. The second kappa shape index (κ2) is 5.95. The number of hydrogen-bond acceptors (Lipinski definition) is 3. The van der Waals surface area contributed by atoms with Gasteiger partial charge < -0.3 is 10.1 Å². The molecule has 0 spiro atoms. The molecule has 0 fully saturated rings. The summed E-state index contributed by atoms with van der Waals surface area (Å²) >= 11 is 0. The zero-order valence-corrected chi connectivity index (χ0v) is 12.7. The molecule has 0 bridgehead atoms. The van der Waals surface area contributed by atoms with E-state index >= 15 is 0 Å². The molecular weight excluding hydrogens is 240 g/mol. The largest absolute Gasteiger partial charge is 0.443 e. The fourth-order valence-electron chi connectivity index (χ4n) is 1.71. The van der Waals surface area contributed by atoms with Gasteiger partial charge in [0.05, 0.1) is 0 Å². The minimum Gasteiger partial charge on any atom is -0.443 e. The van der Waals surface area contributed by atoms with E-state index in [1.165, 1.54) is 0 Å². The summed E-state index contributed by atoms with van der Waals surface area (Å²) in [6.45, 7) is 9.54. The number of anilines is 2. The summed E-state index contributed by atoms with van der Waals surface area (Å²) < 4.78 is 5.44. The van der Waals surface area contributed by atoms with Crippen molar-refractivity contribution in [2.45, 2.75) is 46.3 Å². The summed E-state index contributed by atoms with van der Waals surface area (Å²) in [5, 5.41) is 3.06. The molecule has 1 N–H and O–H groups in total. The Labute approximate surface area is 115 Å². The molecule has 0 saturated carbocycles. The van der Waals surface area contributed by atoms with E-state index in [0.717, 1.165) is 11.4 Å². The van der Waals surface area contributed by atoms with Crippen molar-refractivity contribution in [2.24, 2.45) is 0 Å². The maximum atomic E-state index is 12.2. The number of hydrogen-bond donors (Lipinski definition) is 1. The van der Waals surface area contributed by atoms with Crippen molar-refractivity contribution < 1.29 is 9.53 Å². The van der Waals surface area contributed by atoms with Gasteiger partial charge in [0, 0.05) is 24.5 Å². The van der Waals surface area contributed by atoms with Crippen LogP contribution in [-0.4, -0.2) is 24.8 Å². The maximum Gasteiger partial charge on any atom is 0.415 e. The van der Waals surface area contributed by atoms with Gasteiger partial charge in [0.1, 0.15) is 5.60 Å². The van der Waals surface area contributed by atoms with Crippen LogP contribution in [0.3, 0.4) is 0 Å². The lowest BCUT2D eigenvalue weighted by atomic mass is 10.2. The van der Waals surface area contributed by atoms with E-state index in [-0.39, 0.29) is 12.1 Å². The molecule has 1 aromatic carbocycles. The average molecular weight is 264 g/mol. The quantitative estimate of drug-likeness (QED) is 0.900. The van der Waals surface area contributed by atoms with Crippen LogP contribution in [0.1, 0.15) is 34.6 Å². The fourth-order valence-corrected chi connectivity index (χ4v) is 1.71. The topological polar surface area (TPSA) is 41.6 Å². The molecule has 106 valence electrons. The van der Waals surface area contributed by atoms with E-state index in [4.69, 9.17) is 4.74 Å². The lowest BCUT2D eigenvalue weighted by Gasteiger charge is -2.30. The standard InChI is InChI=1S/C15H24N2O2/c1-11(2)17(14(18)19-15(3,4)5)13-9-7-12(16-6)8-10-13/h7-11,16H,1-6H3. The summed E-state index contributed by atoms with van der Waals surface area (Å²) in [6.07, 6.45) is -0.320.